The van der Waals surface area contributed by atoms with Gasteiger partial charge in [-0.15, -0.1) is 0 Å². The smallest absolute Gasteiger partial charge is 0.410 e. The number of hydrogen-bond acceptors (Lipinski definition) is 7. The minimum atomic E-state index is -0.633. The van der Waals surface area contributed by atoms with Gasteiger partial charge in [0.15, 0.2) is 0 Å². The summed E-state index contributed by atoms with van der Waals surface area (Å²) in [5.41, 5.74) is 1.32. The van der Waals surface area contributed by atoms with E-state index in [0.717, 1.165) is 11.1 Å². The number of aromatic nitrogens is 2. The third kappa shape index (κ3) is 9.46. The highest BCUT2D eigenvalue weighted by atomic mass is 16.7. The molecule has 0 aliphatic carbocycles. The minimum absolute atomic E-state index is 0.0471. The first-order valence-corrected chi connectivity index (χ1v) is 10.1. The molecule has 0 atom stereocenters. The first kappa shape index (κ1) is 24.6. The van der Waals surface area contributed by atoms with Gasteiger partial charge in [0.25, 0.3) is 0 Å². The lowest BCUT2D eigenvalue weighted by Gasteiger charge is -2.24. The summed E-state index contributed by atoms with van der Waals surface area (Å²) in [7, 11) is 1.52. The highest BCUT2D eigenvalue weighted by Crippen LogP contribution is 2.10. The molecule has 172 valence electrons. The van der Waals surface area contributed by atoms with Crippen LogP contribution in [0.1, 0.15) is 38.3 Å². The van der Waals surface area contributed by atoms with Crippen LogP contribution in [-0.2, 0) is 30.3 Å². The topological polar surface area (TPSA) is 100.0 Å². The molecule has 0 fully saturated rings. The average Bonchev–Trinajstić information content (AvgIpc) is 3.23. The van der Waals surface area contributed by atoms with E-state index in [4.69, 9.17) is 14.2 Å². The van der Waals surface area contributed by atoms with Crippen molar-refractivity contribution in [3.05, 3.63) is 60.2 Å². The Morgan fingerprint density at radius 2 is 1.84 bits per heavy atom. The number of imidazole rings is 1. The molecule has 0 aliphatic rings. The zero-order valence-corrected chi connectivity index (χ0v) is 18.8. The second-order valence-corrected chi connectivity index (χ2v) is 8.06. The van der Waals surface area contributed by atoms with Gasteiger partial charge in [-0.1, -0.05) is 24.3 Å². The molecule has 0 unspecified atom stereocenters. The number of hydrogen-bond donors (Lipinski definition) is 0. The Balaban J connectivity index is 1.65. The molecule has 2 aromatic rings. The number of carbonyl (C=O) groups is 3. The monoisotopic (exact) mass is 443 g/mol. The maximum absolute atomic E-state index is 11.8. The van der Waals surface area contributed by atoms with E-state index in [0.29, 0.717) is 6.54 Å². The van der Waals surface area contributed by atoms with Crippen molar-refractivity contribution in [2.45, 2.75) is 39.3 Å². The summed E-state index contributed by atoms with van der Waals surface area (Å²) >= 11 is 0. The van der Waals surface area contributed by atoms with Crippen LogP contribution in [0.3, 0.4) is 0 Å². The second kappa shape index (κ2) is 11.7. The Morgan fingerprint density at radius 3 is 2.47 bits per heavy atom. The summed E-state index contributed by atoms with van der Waals surface area (Å²) in [6, 6.07) is 7.69. The summed E-state index contributed by atoms with van der Waals surface area (Å²) in [5.74, 6) is -1.23. The lowest BCUT2D eigenvalue weighted by Crippen LogP contribution is -2.35. The van der Waals surface area contributed by atoms with Crippen LogP contribution < -0.4 is 0 Å². The molecule has 1 heterocycles. The molecule has 1 aromatic carbocycles. The van der Waals surface area contributed by atoms with E-state index in [-0.39, 0.29) is 13.0 Å². The van der Waals surface area contributed by atoms with E-state index in [1.807, 2.05) is 35.0 Å². The lowest BCUT2D eigenvalue weighted by atomic mass is 10.1. The van der Waals surface area contributed by atoms with E-state index < -0.39 is 30.4 Å². The van der Waals surface area contributed by atoms with Crippen molar-refractivity contribution >= 4 is 24.1 Å². The summed E-state index contributed by atoms with van der Waals surface area (Å²) in [6.45, 7) is 5.61. The van der Waals surface area contributed by atoms with Crippen LogP contribution in [0.15, 0.2) is 49.1 Å². The van der Waals surface area contributed by atoms with Gasteiger partial charge < -0.3 is 23.7 Å². The zero-order valence-electron chi connectivity index (χ0n) is 18.8. The molecule has 0 saturated heterocycles. The molecule has 1 aromatic heterocycles. The van der Waals surface area contributed by atoms with Crippen LogP contribution in [0.2, 0.25) is 0 Å². The number of ether oxygens (including phenoxy) is 3. The largest absolute Gasteiger partial charge is 0.444 e. The Hall–Kier alpha value is -3.62. The highest BCUT2D eigenvalue weighted by molar-refractivity contribution is 5.87. The third-order valence-electron chi connectivity index (χ3n) is 4.09. The highest BCUT2D eigenvalue weighted by Gasteiger charge is 2.20. The minimum Gasteiger partial charge on any atom is -0.444 e. The van der Waals surface area contributed by atoms with Crippen molar-refractivity contribution in [1.29, 1.82) is 0 Å². The number of nitrogens with zero attached hydrogens (tertiary/aromatic N) is 3. The van der Waals surface area contributed by atoms with Crippen molar-refractivity contribution in [3.63, 3.8) is 0 Å². The molecule has 0 bridgehead atoms. The Morgan fingerprint density at radius 1 is 1.12 bits per heavy atom. The first-order chi connectivity index (χ1) is 15.1. The maximum Gasteiger partial charge on any atom is 0.410 e. The summed E-state index contributed by atoms with van der Waals surface area (Å²) < 4.78 is 16.9. The quantitative estimate of drug-likeness (QED) is 0.333. The fourth-order valence-electron chi connectivity index (χ4n) is 2.45. The molecular weight excluding hydrogens is 414 g/mol. The van der Waals surface area contributed by atoms with E-state index in [9.17, 15) is 14.4 Å². The van der Waals surface area contributed by atoms with Gasteiger partial charge >= 0.3 is 18.0 Å². The van der Waals surface area contributed by atoms with Gasteiger partial charge in [-0.2, -0.15) is 0 Å². The van der Waals surface area contributed by atoms with Crippen LogP contribution in [0.5, 0.6) is 0 Å². The molecule has 0 spiro atoms. The standard InChI is InChI=1S/C23H29N3O6/c1-23(2,3)32-22(29)25(4)13-11-21(28)31-17-30-20(27)10-9-18-5-7-19(8-6-18)15-26-14-12-24-16-26/h5-10,12,14,16H,11,13,15,17H2,1-4H3/b10-9+. The normalized spacial score (nSPS) is 11.2. The van der Waals surface area contributed by atoms with E-state index in [1.165, 1.54) is 18.0 Å². The second-order valence-electron chi connectivity index (χ2n) is 8.06. The SMILES string of the molecule is CN(CCC(=O)OCOC(=O)/C=C/c1ccc(Cn2ccnc2)cc1)C(=O)OC(C)(C)C. The average molecular weight is 444 g/mol. The first-order valence-electron chi connectivity index (χ1n) is 10.1. The van der Waals surface area contributed by atoms with E-state index >= 15 is 0 Å². The van der Waals surface area contributed by atoms with Gasteiger partial charge in [-0.3, -0.25) is 4.79 Å². The van der Waals surface area contributed by atoms with Gasteiger partial charge in [0.2, 0.25) is 6.79 Å². The molecule has 9 nitrogen and oxygen atoms in total. The molecular formula is C23H29N3O6. The van der Waals surface area contributed by atoms with Crippen molar-refractivity contribution < 1.29 is 28.6 Å². The van der Waals surface area contributed by atoms with Crippen molar-refractivity contribution in [2.75, 3.05) is 20.4 Å². The molecule has 0 N–H and O–H groups in total. The van der Waals surface area contributed by atoms with Crippen LogP contribution in [0, 0.1) is 0 Å². The Bertz CT molecular complexity index is 914. The number of esters is 2. The van der Waals surface area contributed by atoms with E-state index in [2.05, 4.69) is 4.98 Å². The van der Waals surface area contributed by atoms with Crippen LogP contribution in [-0.4, -0.2) is 58.5 Å². The molecule has 2 rings (SSSR count). The number of carbonyl (C=O) groups excluding carboxylic acids is 3. The molecule has 1 amide bonds. The zero-order chi connectivity index (χ0) is 23.6. The predicted octanol–water partition coefficient (Wildman–Crippen LogP) is 3.25. The van der Waals surface area contributed by atoms with Gasteiger partial charge in [0.05, 0.1) is 12.7 Å². The third-order valence-corrected chi connectivity index (χ3v) is 4.09. The summed E-state index contributed by atoms with van der Waals surface area (Å²) in [4.78, 5) is 40.6. The molecule has 0 saturated carbocycles. The van der Waals surface area contributed by atoms with Gasteiger partial charge in [-0.05, 0) is 38.0 Å². The van der Waals surface area contributed by atoms with Gasteiger partial charge in [0.1, 0.15) is 5.60 Å². The number of benzene rings is 1. The Kier molecular flexibility index (Phi) is 9.00. The summed E-state index contributed by atoms with van der Waals surface area (Å²) in [6.07, 6.45) is 7.65. The van der Waals surface area contributed by atoms with Crippen molar-refractivity contribution in [1.82, 2.24) is 14.5 Å². The summed E-state index contributed by atoms with van der Waals surface area (Å²) in [5, 5.41) is 0. The van der Waals surface area contributed by atoms with Gasteiger partial charge in [0, 0.05) is 38.6 Å². The predicted molar refractivity (Wildman–Crippen MR) is 117 cm³/mol. The fourth-order valence-corrected chi connectivity index (χ4v) is 2.45. The maximum atomic E-state index is 11.8. The molecule has 9 heteroatoms. The van der Waals surface area contributed by atoms with Crippen molar-refractivity contribution in [3.8, 4) is 0 Å². The molecule has 0 radical (unpaired) electrons. The van der Waals surface area contributed by atoms with E-state index in [1.54, 1.807) is 39.4 Å². The van der Waals surface area contributed by atoms with Crippen molar-refractivity contribution in [2.24, 2.45) is 0 Å². The Labute approximate surface area is 187 Å². The number of amides is 1. The lowest BCUT2D eigenvalue weighted by molar-refractivity contribution is -0.164. The fraction of sp³-hybridized carbons (Fsp3) is 0.391. The van der Waals surface area contributed by atoms with Crippen LogP contribution in [0.4, 0.5) is 4.79 Å². The molecule has 32 heavy (non-hydrogen) atoms. The molecule has 0 aliphatic heterocycles. The van der Waals surface area contributed by atoms with Gasteiger partial charge in [-0.25, -0.2) is 14.6 Å². The van der Waals surface area contributed by atoms with Crippen LogP contribution in [0.25, 0.3) is 6.08 Å². The number of rotatable bonds is 9. The van der Waals surface area contributed by atoms with Crippen LogP contribution >= 0.6 is 0 Å².